The molecular weight excluding hydrogens is 338 g/mol. The van der Waals surface area contributed by atoms with E-state index in [0.29, 0.717) is 19.3 Å². The predicted octanol–water partition coefficient (Wildman–Crippen LogP) is 4.13. The van der Waals surface area contributed by atoms with Gasteiger partial charge in [0, 0.05) is 27.3 Å². The molecule has 106 valence electrons. The first-order valence-electron chi connectivity index (χ1n) is 6.58. The number of fused-ring (bicyclic) bond motifs is 1. The van der Waals surface area contributed by atoms with Crippen LogP contribution in [0.5, 0.6) is 11.5 Å². The molecule has 0 saturated heterocycles. The third kappa shape index (κ3) is 3.16. The van der Waals surface area contributed by atoms with Crippen LogP contribution in [0.25, 0.3) is 0 Å². The van der Waals surface area contributed by atoms with Crippen molar-refractivity contribution < 1.29 is 9.47 Å². The summed E-state index contributed by atoms with van der Waals surface area (Å²) in [5.41, 5.74) is 1.21. The fourth-order valence-corrected chi connectivity index (χ4v) is 3.60. The third-order valence-electron chi connectivity index (χ3n) is 3.23. The standard InChI is InChI=1S/C15H16BrNO2S/c1-10(15-7-12(16)9-20-15)17-8-11-2-3-13-14(6-11)19-5-4-18-13/h2-3,6-7,9-10,17H,4-5,8H2,1H3. The molecule has 2 heterocycles. The second kappa shape index (κ2) is 6.16. The molecule has 0 spiro atoms. The van der Waals surface area contributed by atoms with Gasteiger partial charge in [0.25, 0.3) is 0 Å². The topological polar surface area (TPSA) is 30.5 Å². The Hall–Kier alpha value is -1.04. The van der Waals surface area contributed by atoms with E-state index in [2.05, 4.69) is 51.7 Å². The van der Waals surface area contributed by atoms with E-state index in [9.17, 15) is 0 Å². The van der Waals surface area contributed by atoms with Crippen molar-refractivity contribution in [1.29, 1.82) is 0 Å². The van der Waals surface area contributed by atoms with Crippen LogP contribution < -0.4 is 14.8 Å². The summed E-state index contributed by atoms with van der Waals surface area (Å²) in [7, 11) is 0. The van der Waals surface area contributed by atoms with Gasteiger partial charge in [-0.3, -0.25) is 0 Å². The molecule has 20 heavy (non-hydrogen) atoms. The van der Waals surface area contributed by atoms with Crippen molar-refractivity contribution in [1.82, 2.24) is 5.32 Å². The van der Waals surface area contributed by atoms with Crippen molar-refractivity contribution in [2.75, 3.05) is 13.2 Å². The monoisotopic (exact) mass is 353 g/mol. The van der Waals surface area contributed by atoms with Crippen LogP contribution >= 0.6 is 27.3 Å². The molecule has 0 radical (unpaired) electrons. The van der Waals surface area contributed by atoms with Gasteiger partial charge in [0.05, 0.1) is 0 Å². The molecule has 0 fully saturated rings. The largest absolute Gasteiger partial charge is 0.486 e. The van der Waals surface area contributed by atoms with E-state index in [1.54, 1.807) is 11.3 Å². The lowest BCUT2D eigenvalue weighted by atomic mass is 10.1. The Bertz CT molecular complexity index is 599. The maximum Gasteiger partial charge on any atom is 0.161 e. The van der Waals surface area contributed by atoms with Crippen LogP contribution in [0.4, 0.5) is 0 Å². The zero-order valence-corrected chi connectivity index (χ0v) is 13.6. The van der Waals surface area contributed by atoms with Crippen LogP contribution in [-0.2, 0) is 6.54 Å². The van der Waals surface area contributed by atoms with Gasteiger partial charge in [-0.05, 0) is 46.6 Å². The van der Waals surface area contributed by atoms with Gasteiger partial charge < -0.3 is 14.8 Å². The number of thiophene rings is 1. The van der Waals surface area contributed by atoms with Crippen molar-refractivity contribution in [2.24, 2.45) is 0 Å². The van der Waals surface area contributed by atoms with Crippen molar-refractivity contribution in [2.45, 2.75) is 19.5 Å². The molecule has 0 aliphatic carbocycles. The summed E-state index contributed by atoms with van der Waals surface area (Å²) >= 11 is 5.25. The molecule has 1 aliphatic heterocycles. The van der Waals surface area contributed by atoms with Crippen LogP contribution in [0.3, 0.4) is 0 Å². The van der Waals surface area contributed by atoms with E-state index in [1.165, 1.54) is 10.4 Å². The number of hydrogen-bond donors (Lipinski definition) is 1. The predicted molar refractivity (Wildman–Crippen MR) is 84.7 cm³/mol. The van der Waals surface area contributed by atoms with Crippen LogP contribution in [-0.4, -0.2) is 13.2 Å². The summed E-state index contributed by atoms with van der Waals surface area (Å²) in [4.78, 5) is 1.33. The fourth-order valence-electron chi connectivity index (χ4n) is 2.12. The lowest BCUT2D eigenvalue weighted by molar-refractivity contribution is 0.171. The van der Waals surface area contributed by atoms with E-state index in [-0.39, 0.29) is 0 Å². The second-order valence-corrected chi connectivity index (χ2v) is 6.61. The molecular formula is C15H16BrNO2S. The Balaban J connectivity index is 1.63. The lowest BCUT2D eigenvalue weighted by Gasteiger charge is -2.19. The molecule has 3 rings (SSSR count). The van der Waals surface area contributed by atoms with E-state index in [1.807, 2.05) is 6.07 Å². The minimum absolute atomic E-state index is 0.333. The number of halogens is 1. The molecule has 1 aromatic heterocycles. The van der Waals surface area contributed by atoms with Crippen LogP contribution in [0.15, 0.2) is 34.1 Å². The first-order chi connectivity index (χ1) is 9.72. The smallest absolute Gasteiger partial charge is 0.161 e. The van der Waals surface area contributed by atoms with Gasteiger partial charge >= 0.3 is 0 Å². The van der Waals surface area contributed by atoms with Crippen LogP contribution in [0, 0.1) is 0 Å². The third-order valence-corrected chi connectivity index (χ3v) is 5.11. The summed E-state index contributed by atoms with van der Waals surface area (Å²) in [6.07, 6.45) is 0. The number of ether oxygens (including phenoxy) is 2. The molecule has 0 saturated carbocycles. The van der Waals surface area contributed by atoms with E-state index >= 15 is 0 Å². The quantitative estimate of drug-likeness (QED) is 0.896. The van der Waals surface area contributed by atoms with Crippen LogP contribution in [0.2, 0.25) is 0 Å². The second-order valence-electron chi connectivity index (χ2n) is 4.75. The molecule has 1 N–H and O–H groups in total. The summed E-state index contributed by atoms with van der Waals surface area (Å²) in [5, 5.41) is 5.64. The molecule has 1 aromatic carbocycles. The number of nitrogens with one attached hydrogen (secondary N) is 1. The molecule has 0 bridgehead atoms. The normalized spacial score (nSPS) is 15.1. The van der Waals surface area contributed by atoms with Crippen LogP contribution in [0.1, 0.15) is 23.4 Å². The van der Waals surface area contributed by atoms with E-state index < -0.39 is 0 Å². The molecule has 2 aromatic rings. The van der Waals surface area contributed by atoms with Crippen molar-refractivity contribution >= 4 is 27.3 Å². The Labute approximate surface area is 131 Å². The van der Waals surface area contributed by atoms with E-state index in [0.717, 1.165) is 22.5 Å². The first-order valence-corrected chi connectivity index (χ1v) is 8.25. The number of hydrogen-bond acceptors (Lipinski definition) is 4. The zero-order chi connectivity index (χ0) is 13.9. The highest BCUT2D eigenvalue weighted by atomic mass is 79.9. The molecule has 5 heteroatoms. The fraction of sp³-hybridized carbons (Fsp3) is 0.333. The van der Waals surface area contributed by atoms with Gasteiger partial charge in [-0.1, -0.05) is 6.07 Å². The Morgan fingerprint density at radius 1 is 1.25 bits per heavy atom. The first kappa shape index (κ1) is 13.9. The Morgan fingerprint density at radius 3 is 2.80 bits per heavy atom. The lowest BCUT2D eigenvalue weighted by Crippen LogP contribution is -2.18. The Morgan fingerprint density at radius 2 is 2.05 bits per heavy atom. The minimum atomic E-state index is 0.333. The summed E-state index contributed by atoms with van der Waals surface area (Å²) in [6.45, 7) is 4.25. The highest BCUT2D eigenvalue weighted by Crippen LogP contribution is 2.31. The summed E-state index contributed by atoms with van der Waals surface area (Å²) in [6, 6.07) is 8.61. The van der Waals surface area contributed by atoms with Gasteiger partial charge in [-0.2, -0.15) is 0 Å². The van der Waals surface area contributed by atoms with Gasteiger partial charge in [0.2, 0.25) is 0 Å². The van der Waals surface area contributed by atoms with Crippen molar-refractivity contribution in [3.63, 3.8) is 0 Å². The van der Waals surface area contributed by atoms with Gasteiger partial charge in [0.1, 0.15) is 13.2 Å². The maximum atomic E-state index is 5.60. The SMILES string of the molecule is CC(NCc1ccc2c(c1)OCCO2)c1cc(Br)cs1. The number of rotatable bonds is 4. The van der Waals surface area contributed by atoms with Gasteiger partial charge in [-0.25, -0.2) is 0 Å². The molecule has 1 aliphatic rings. The zero-order valence-electron chi connectivity index (χ0n) is 11.2. The average molecular weight is 354 g/mol. The summed E-state index contributed by atoms with van der Waals surface area (Å²) < 4.78 is 12.3. The maximum absolute atomic E-state index is 5.60. The highest BCUT2D eigenvalue weighted by Gasteiger charge is 2.12. The van der Waals surface area contributed by atoms with Gasteiger partial charge in [0.15, 0.2) is 11.5 Å². The molecule has 3 nitrogen and oxygen atoms in total. The number of benzene rings is 1. The van der Waals surface area contributed by atoms with E-state index in [4.69, 9.17) is 9.47 Å². The highest BCUT2D eigenvalue weighted by molar-refractivity contribution is 9.10. The molecule has 1 atom stereocenters. The Kier molecular flexibility index (Phi) is 4.29. The van der Waals surface area contributed by atoms with Crippen molar-refractivity contribution in [3.8, 4) is 11.5 Å². The van der Waals surface area contributed by atoms with Crippen molar-refractivity contribution in [3.05, 3.63) is 44.6 Å². The average Bonchev–Trinajstić information content (AvgIpc) is 2.91. The molecule has 1 unspecified atom stereocenters. The summed E-state index contributed by atoms with van der Waals surface area (Å²) in [5.74, 6) is 1.69. The molecule has 0 amide bonds. The minimum Gasteiger partial charge on any atom is -0.486 e. The van der Waals surface area contributed by atoms with Gasteiger partial charge in [-0.15, -0.1) is 11.3 Å².